The highest BCUT2D eigenvalue weighted by Crippen LogP contribution is 2.27. The van der Waals surface area contributed by atoms with Crippen LogP contribution in [0.15, 0.2) is 4.79 Å². The monoisotopic (exact) mass is 316 g/mol. The first kappa shape index (κ1) is 16.3. The van der Waals surface area contributed by atoms with Crippen molar-refractivity contribution in [3.8, 4) is 0 Å². The highest BCUT2D eigenvalue weighted by atomic mass is 16.6. The van der Waals surface area contributed by atoms with Crippen LogP contribution in [-0.2, 0) is 4.74 Å². The van der Waals surface area contributed by atoms with Crippen LogP contribution in [0.3, 0.4) is 0 Å². The van der Waals surface area contributed by atoms with Crippen LogP contribution in [0.1, 0.15) is 11.9 Å². The second kappa shape index (κ2) is 6.33. The van der Waals surface area contributed by atoms with Crippen molar-refractivity contribution >= 4 is 11.5 Å². The molecule has 0 saturated carbocycles. The van der Waals surface area contributed by atoms with Gasteiger partial charge in [-0.05, 0) is 0 Å². The average Bonchev–Trinajstić information content (AvgIpc) is 2.77. The number of rotatable bonds is 5. The summed E-state index contributed by atoms with van der Waals surface area (Å²) in [5.74, 6) is -0.547. The first-order valence-corrected chi connectivity index (χ1v) is 6.23. The van der Waals surface area contributed by atoms with E-state index in [-0.39, 0.29) is 11.4 Å². The normalized spacial score (nSPS) is 27.8. The van der Waals surface area contributed by atoms with Crippen LogP contribution >= 0.6 is 0 Å². The third-order valence-electron chi connectivity index (χ3n) is 3.17. The molecule has 1 saturated heterocycles. The van der Waals surface area contributed by atoms with E-state index in [2.05, 4.69) is 15.6 Å². The summed E-state index contributed by atoms with van der Waals surface area (Å²) in [6.45, 7) is -1.19. The maximum Gasteiger partial charge on any atom is 0.296 e. The summed E-state index contributed by atoms with van der Waals surface area (Å²) >= 11 is 0. The summed E-state index contributed by atoms with van der Waals surface area (Å²) in [5, 5.41) is 54.2. The predicted octanol–water partition coefficient (Wildman–Crippen LogP) is -4.10. The lowest BCUT2D eigenvalue weighted by molar-refractivity contribution is -0.0622. The molecule has 1 aromatic heterocycles. The number of nitrogens with one attached hydrogen (secondary N) is 2. The SMILES string of the molecule is N=C(N)c1nnn(C2OC(CO)C(O)C2O)c(=O)c1NCO. The van der Waals surface area contributed by atoms with E-state index >= 15 is 0 Å². The quantitative estimate of drug-likeness (QED) is 0.159. The fourth-order valence-electron chi connectivity index (χ4n) is 2.07. The van der Waals surface area contributed by atoms with Crippen molar-refractivity contribution in [1.82, 2.24) is 15.0 Å². The van der Waals surface area contributed by atoms with Gasteiger partial charge in [-0.3, -0.25) is 10.2 Å². The molecule has 4 atom stereocenters. The number of aromatic nitrogens is 3. The molecule has 0 amide bonds. The maximum atomic E-state index is 12.3. The van der Waals surface area contributed by atoms with Crippen molar-refractivity contribution in [2.45, 2.75) is 24.5 Å². The van der Waals surface area contributed by atoms with Crippen molar-refractivity contribution in [3.63, 3.8) is 0 Å². The molecule has 1 fully saturated rings. The van der Waals surface area contributed by atoms with Gasteiger partial charge in [0.1, 0.15) is 36.6 Å². The molecule has 0 spiro atoms. The fourth-order valence-corrected chi connectivity index (χ4v) is 2.07. The molecule has 12 nitrogen and oxygen atoms in total. The number of anilines is 1. The van der Waals surface area contributed by atoms with Crippen molar-refractivity contribution in [3.05, 3.63) is 16.0 Å². The van der Waals surface area contributed by atoms with Crippen molar-refractivity contribution in [2.24, 2.45) is 5.73 Å². The average molecular weight is 316 g/mol. The maximum absolute atomic E-state index is 12.3. The zero-order valence-electron chi connectivity index (χ0n) is 11.2. The largest absolute Gasteiger partial charge is 0.394 e. The van der Waals surface area contributed by atoms with Gasteiger partial charge in [-0.15, -0.1) is 5.10 Å². The summed E-state index contributed by atoms with van der Waals surface area (Å²) in [5.41, 5.74) is 3.82. The highest BCUT2D eigenvalue weighted by Gasteiger charge is 2.44. The molecule has 8 N–H and O–H groups in total. The third-order valence-corrected chi connectivity index (χ3v) is 3.17. The van der Waals surface area contributed by atoms with Gasteiger partial charge in [-0.1, -0.05) is 5.21 Å². The summed E-state index contributed by atoms with van der Waals surface area (Å²) in [6.07, 6.45) is -5.40. The zero-order chi connectivity index (χ0) is 16.4. The van der Waals surface area contributed by atoms with Crippen LogP contribution in [0.2, 0.25) is 0 Å². The van der Waals surface area contributed by atoms with Crippen LogP contribution in [0.4, 0.5) is 5.69 Å². The Bertz CT molecular complexity index is 620. The number of nitrogens with two attached hydrogens (primary N) is 1. The van der Waals surface area contributed by atoms with Crippen molar-refractivity contribution < 1.29 is 25.2 Å². The Hall–Kier alpha value is -2.12. The number of nitrogens with zero attached hydrogens (tertiary/aromatic N) is 3. The van der Waals surface area contributed by atoms with Gasteiger partial charge in [0.05, 0.1) is 6.61 Å². The topological polar surface area (TPSA) is 200 Å². The highest BCUT2D eigenvalue weighted by molar-refractivity contribution is 5.97. The Balaban J connectivity index is 2.47. The molecule has 2 heterocycles. The van der Waals surface area contributed by atoms with Gasteiger partial charge in [0.2, 0.25) is 0 Å². The van der Waals surface area contributed by atoms with Gasteiger partial charge in [-0.2, -0.15) is 4.68 Å². The Morgan fingerprint density at radius 2 is 2.09 bits per heavy atom. The molecule has 122 valence electrons. The number of hydrogen-bond acceptors (Lipinski definition) is 10. The van der Waals surface area contributed by atoms with Gasteiger partial charge in [-0.25, -0.2) is 0 Å². The van der Waals surface area contributed by atoms with Crippen molar-refractivity contribution in [1.29, 1.82) is 5.41 Å². The Kier molecular flexibility index (Phi) is 4.68. The number of aliphatic hydroxyl groups is 4. The van der Waals surface area contributed by atoms with Crippen LogP contribution < -0.4 is 16.6 Å². The number of hydrogen-bond donors (Lipinski definition) is 7. The summed E-state index contributed by atoms with van der Waals surface area (Å²) in [7, 11) is 0. The predicted molar refractivity (Wildman–Crippen MR) is 71.0 cm³/mol. The zero-order valence-corrected chi connectivity index (χ0v) is 11.2. The van der Waals surface area contributed by atoms with Crippen LogP contribution in [0, 0.1) is 5.41 Å². The minimum atomic E-state index is -1.52. The number of amidine groups is 1. The van der Waals surface area contributed by atoms with E-state index in [0.717, 1.165) is 0 Å². The fraction of sp³-hybridized carbons (Fsp3) is 0.600. The van der Waals surface area contributed by atoms with Gasteiger partial charge >= 0.3 is 0 Å². The van der Waals surface area contributed by atoms with E-state index in [1.165, 1.54) is 0 Å². The molecule has 0 aromatic carbocycles. The Labute approximate surface area is 123 Å². The van der Waals surface area contributed by atoms with Crippen molar-refractivity contribution in [2.75, 3.05) is 18.7 Å². The van der Waals surface area contributed by atoms with Gasteiger partial charge < -0.3 is 36.2 Å². The lowest BCUT2D eigenvalue weighted by Crippen LogP contribution is -2.39. The Morgan fingerprint density at radius 3 is 2.59 bits per heavy atom. The van der Waals surface area contributed by atoms with Crippen LogP contribution in [-0.4, -0.2) is 72.9 Å². The molecule has 2 rings (SSSR count). The number of nitrogen functional groups attached to an aromatic ring is 1. The molecule has 1 aliphatic rings. The standard InChI is InChI=1S/C10H16N6O6/c11-8(12)4-5(13-2-18)9(21)16(15-14-4)10-7(20)6(19)3(1-17)22-10/h3,6-7,10,13,17-20H,1-2H2,(H3,11,12). The molecule has 0 bridgehead atoms. The van der Waals surface area contributed by atoms with E-state index in [0.29, 0.717) is 4.68 Å². The first-order valence-electron chi connectivity index (χ1n) is 6.23. The first-order chi connectivity index (χ1) is 10.4. The van der Waals surface area contributed by atoms with E-state index < -0.39 is 49.3 Å². The number of aliphatic hydroxyl groups excluding tert-OH is 4. The molecular weight excluding hydrogens is 300 g/mol. The van der Waals surface area contributed by atoms with Gasteiger partial charge in [0.15, 0.2) is 11.9 Å². The molecular formula is C10H16N6O6. The Morgan fingerprint density at radius 1 is 1.41 bits per heavy atom. The minimum Gasteiger partial charge on any atom is -0.394 e. The molecule has 12 heteroatoms. The summed E-state index contributed by atoms with van der Waals surface area (Å²) in [6, 6.07) is 0. The molecule has 22 heavy (non-hydrogen) atoms. The lowest BCUT2D eigenvalue weighted by atomic mass is 10.1. The molecule has 1 aromatic rings. The molecule has 0 radical (unpaired) electrons. The smallest absolute Gasteiger partial charge is 0.296 e. The second-order valence-corrected chi connectivity index (χ2v) is 4.54. The molecule has 4 unspecified atom stereocenters. The van der Waals surface area contributed by atoms with Crippen LogP contribution in [0.25, 0.3) is 0 Å². The van der Waals surface area contributed by atoms with Gasteiger partial charge in [0, 0.05) is 0 Å². The number of ether oxygens (including phenoxy) is 1. The third kappa shape index (κ3) is 2.65. The van der Waals surface area contributed by atoms with E-state index in [1.807, 2.05) is 0 Å². The van der Waals surface area contributed by atoms with E-state index in [1.54, 1.807) is 0 Å². The molecule has 1 aliphatic heterocycles. The minimum absolute atomic E-state index is 0.276. The van der Waals surface area contributed by atoms with Gasteiger partial charge in [0.25, 0.3) is 5.56 Å². The second-order valence-electron chi connectivity index (χ2n) is 4.54. The summed E-state index contributed by atoms with van der Waals surface area (Å²) < 4.78 is 5.80. The van der Waals surface area contributed by atoms with E-state index in [9.17, 15) is 15.0 Å². The van der Waals surface area contributed by atoms with Crippen LogP contribution in [0.5, 0.6) is 0 Å². The summed E-state index contributed by atoms with van der Waals surface area (Å²) in [4.78, 5) is 12.3. The van der Waals surface area contributed by atoms with E-state index in [4.69, 9.17) is 26.1 Å². The molecule has 0 aliphatic carbocycles. The lowest BCUT2D eigenvalue weighted by Gasteiger charge is -2.17.